The topological polar surface area (TPSA) is 60.9 Å². The van der Waals surface area contributed by atoms with Crippen molar-refractivity contribution in [3.63, 3.8) is 0 Å². The van der Waals surface area contributed by atoms with Gasteiger partial charge < -0.3 is 5.73 Å². The molecule has 0 aliphatic rings. The van der Waals surface area contributed by atoms with E-state index in [-0.39, 0.29) is 27.9 Å². The van der Waals surface area contributed by atoms with Gasteiger partial charge in [0.25, 0.3) is 0 Å². The summed E-state index contributed by atoms with van der Waals surface area (Å²) >= 11 is 5.66. The van der Waals surface area contributed by atoms with E-state index in [1.807, 2.05) is 0 Å². The SMILES string of the molecule is CC(=O)c1cn(-c2cccc(Cl)c2F)nc1N. The van der Waals surface area contributed by atoms with E-state index in [9.17, 15) is 9.18 Å². The van der Waals surface area contributed by atoms with E-state index >= 15 is 0 Å². The van der Waals surface area contributed by atoms with Crippen LogP contribution in [0, 0.1) is 5.82 Å². The molecule has 1 aromatic heterocycles. The Morgan fingerprint density at radius 2 is 2.24 bits per heavy atom. The second-order valence-corrected chi connectivity index (χ2v) is 3.91. The molecule has 0 aliphatic carbocycles. The number of aromatic nitrogens is 2. The third-order valence-corrected chi connectivity index (χ3v) is 2.59. The Morgan fingerprint density at radius 1 is 1.53 bits per heavy atom. The van der Waals surface area contributed by atoms with Crippen LogP contribution in [0.25, 0.3) is 5.69 Å². The Hall–Kier alpha value is -1.88. The number of nitrogens with zero attached hydrogens (tertiary/aromatic N) is 2. The Bertz CT molecular complexity index is 594. The minimum absolute atomic E-state index is 0.0130. The Kier molecular flexibility index (Phi) is 2.85. The summed E-state index contributed by atoms with van der Waals surface area (Å²) in [6, 6.07) is 4.52. The van der Waals surface area contributed by atoms with Crippen LogP contribution in [0.3, 0.4) is 0 Å². The summed E-state index contributed by atoms with van der Waals surface area (Å²) in [5.41, 5.74) is 5.96. The third kappa shape index (κ3) is 2.01. The minimum Gasteiger partial charge on any atom is -0.382 e. The zero-order chi connectivity index (χ0) is 12.6. The molecule has 1 aromatic carbocycles. The van der Waals surface area contributed by atoms with Crippen molar-refractivity contribution in [2.45, 2.75) is 6.92 Å². The second kappa shape index (κ2) is 4.18. The maximum absolute atomic E-state index is 13.7. The summed E-state index contributed by atoms with van der Waals surface area (Å²) < 4.78 is 14.9. The molecule has 4 nitrogen and oxygen atoms in total. The molecule has 2 rings (SSSR count). The zero-order valence-electron chi connectivity index (χ0n) is 8.95. The molecule has 0 aliphatic heterocycles. The van der Waals surface area contributed by atoms with Crippen molar-refractivity contribution < 1.29 is 9.18 Å². The number of nitrogens with two attached hydrogens (primary N) is 1. The van der Waals surface area contributed by atoms with Crippen molar-refractivity contribution in [1.29, 1.82) is 0 Å². The van der Waals surface area contributed by atoms with E-state index < -0.39 is 5.82 Å². The first kappa shape index (κ1) is 11.6. The van der Waals surface area contributed by atoms with E-state index in [2.05, 4.69) is 5.10 Å². The molecule has 2 N–H and O–H groups in total. The van der Waals surface area contributed by atoms with Gasteiger partial charge >= 0.3 is 0 Å². The standard InChI is InChI=1S/C11H9ClFN3O/c1-6(17)7-5-16(15-11(7)14)9-4-2-3-8(12)10(9)13/h2-5H,1H3,(H2,14,15). The number of ketones is 1. The quantitative estimate of drug-likeness (QED) is 0.837. The smallest absolute Gasteiger partial charge is 0.167 e. The molecular weight excluding hydrogens is 245 g/mol. The number of hydrogen-bond acceptors (Lipinski definition) is 3. The number of anilines is 1. The molecule has 0 unspecified atom stereocenters. The highest BCUT2D eigenvalue weighted by Crippen LogP contribution is 2.22. The summed E-state index contributed by atoms with van der Waals surface area (Å²) in [4.78, 5) is 11.2. The normalized spacial score (nSPS) is 10.5. The van der Waals surface area contributed by atoms with Gasteiger partial charge in [-0.15, -0.1) is 5.10 Å². The highest BCUT2D eigenvalue weighted by Gasteiger charge is 2.14. The number of rotatable bonds is 2. The van der Waals surface area contributed by atoms with Crippen LogP contribution >= 0.6 is 11.6 Å². The van der Waals surface area contributed by atoms with E-state index in [1.54, 1.807) is 6.07 Å². The van der Waals surface area contributed by atoms with Gasteiger partial charge in [0.2, 0.25) is 0 Å². The molecule has 0 amide bonds. The molecular formula is C11H9ClFN3O. The molecule has 0 bridgehead atoms. The molecule has 0 fully saturated rings. The second-order valence-electron chi connectivity index (χ2n) is 3.50. The van der Waals surface area contributed by atoms with Crippen LogP contribution in [0.15, 0.2) is 24.4 Å². The van der Waals surface area contributed by atoms with Gasteiger partial charge in [-0.3, -0.25) is 4.79 Å². The van der Waals surface area contributed by atoms with Crippen molar-refractivity contribution in [3.8, 4) is 5.69 Å². The van der Waals surface area contributed by atoms with Crippen LogP contribution in [0.2, 0.25) is 5.02 Å². The van der Waals surface area contributed by atoms with Gasteiger partial charge in [-0.2, -0.15) is 0 Å². The van der Waals surface area contributed by atoms with Crippen molar-refractivity contribution in [2.24, 2.45) is 0 Å². The maximum Gasteiger partial charge on any atom is 0.167 e. The average Bonchev–Trinajstić information content (AvgIpc) is 2.64. The number of carbonyl (C=O) groups excluding carboxylic acids is 1. The van der Waals surface area contributed by atoms with Crippen molar-refractivity contribution >= 4 is 23.2 Å². The van der Waals surface area contributed by atoms with Gasteiger partial charge in [-0.05, 0) is 19.1 Å². The number of benzene rings is 1. The molecule has 0 atom stereocenters. The Balaban J connectivity index is 2.58. The first-order valence-corrected chi connectivity index (χ1v) is 5.19. The lowest BCUT2D eigenvalue weighted by atomic mass is 10.2. The van der Waals surface area contributed by atoms with E-state index in [0.717, 1.165) is 0 Å². The number of carbonyl (C=O) groups is 1. The number of nitrogen functional groups attached to an aromatic ring is 1. The van der Waals surface area contributed by atoms with Gasteiger partial charge in [0.05, 0.1) is 10.6 Å². The Labute approximate surface area is 102 Å². The first-order valence-electron chi connectivity index (χ1n) is 4.81. The van der Waals surface area contributed by atoms with Crippen molar-refractivity contribution in [3.05, 3.63) is 40.8 Å². The van der Waals surface area contributed by atoms with Crippen LogP contribution in [-0.2, 0) is 0 Å². The fourth-order valence-electron chi connectivity index (χ4n) is 1.45. The fourth-order valence-corrected chi connectivity index (χ4v) is 1.62. The van der Waals surface area contributed by atoms with E-state index in [1.165, 1.54) is 29.9 Å². The predicted molar refractivity (Wildman–Crippen MR) is 62.9 cm³/mol. The molecule has 0 saturated carbocycles. The minimum atomic E-state index is -0.605. The largest absolute Gasteiger partial charge is 0.382 e. The van der Waals surface area contributed by atoms with E-state index in [4.69, 9.17) is 17.3 Å². The van der Waals surface area contributed by atoms with Gasteiger partial charge in [0, 0.05) is 6.20 Å². The van der Waals surface area contributed by atoms with Crippen molar-refractivity contribution in [1.82, 2.24) is 9.78 Å². The van der Waals surface area contributed by atoms with Crippen LogP contribution in [0.4, 0.5) is 10.2 Å². The third-order valence-electron chi connectivity index (χ3n) is 2.30. The van der Waals surface area contributed by atoms with Crippen LogP contribution in [-0.4, -0.2) is 15.6 Å². The highest BCUT2D eigenvalue weighted by atomic mass is 35.5. The fraction of sp³-hybridized carbons (Fsp3) is 0.0909. The molecule has 0 spiro atoms. The zero-order valence-corrected chi connectivity index (χ0v) is 9.70. The number of hydrogen-bond donors (Lipinski definition) is 1. The van der Waals surface area contributed by atoms with Crippen molar-refractivity contribution in [2.75, 3.05) is 5.73 Å². The number of Topliss-reactive ketones (excluding diaryl/α,β-unsaturated/α-hetero) is 1. The molecule has 2 aromatic rings. The Morgan fingerprint density at radius 3 is 2.82 bits per heavy atom. The van der Waals surface area contributed by atoms with Gasteiger partial charge in [0.15, 0.2) is 17.4 Å². The van der Waals surface area contributed by atoms with Gasteiger partial charge in [0.1, 0.15) is 5.69 Å². The summed E-state index contributed by atoms with van der Waals surface area (Å²) in [5.74, 6) is -0.764. The summed E-state index contributed by atoms with van der Waals surface area (Å²) in [6.07, 6.45) is 1.38. The molecule has 6 heteroatoms. The highest BCUT2D eigenvalue weighted by molar-refractivity contribution is 6.30. The summed E-state index contributed by atoms with van der Waals surface area (Å²) in [6.45, 7) is 1.37. The van der Waals surface area contributed by atoms with Crippen LogP contribution in [0.5, 0.6) is 0 Å². The lowest BCUT2D eigenvalue weighted by Crippen LogP contribution is -1.99. The predicted octanol–water partition coefficient (Wildman–Crippen LogP) is 2.45. The number of halogens is 2. The lowest BCUT2D eigenvalue weighted by Gasteiger charge is -2.03. The molecule has 17 heavy (non-hydrogen) atoms. The first-order chi connectivity index (χ1) is 8.00. The van der Waals surface area contributed by atoms with Gasteiger partial charge in [-0.25, -0.2) is 9.07 Å². The summed E-state index contributed by atoms with van der Waals surface area (Å²) in [7, 11) is 0. The molecule has 1 heterocycles. The molecule has 0 saturated heterocycles. The molecule has 0 radical (unpaired) electrons. The lowest BCUT2D eigenvalue weighted by molar-refractivity contribution is 0.101. The monoisotopic (exact) mass is 253 g/mol. The van der Waals surface area contributed by atoms with E-state index in [0.29, 0.717) is 0 Å². The van der Waals surface area contributed by atoms with Gasteiger partial charge in [-0.1, -0.05) is 17.7 Å². The molecule has 88 valence electrons. The summed E-state index contributed by atoms with van der Waals surface area (Å²) in [5, 5.41) is 3.87. The van der Waals surface area contributed by atoms with Crippen LogP contribution < -0.4 is 5.73 Å². The maximum atomic E-state index is 13.7. The average molecular weight is 254 g/mol. The van der Waals surface area contributed by atoms with Crippen LogP contribution in [0.1, 0.15) is 17.3 Å².